The molecule has 0 bridgehead atoms. The number of halogens is 2. The Morgan fingerprint density at radius 3 is 2.72 bits per heavy atom. The summed E-state index contributed by atoms with van der Waals surface area (Å²) in [6, 6.07) is 9.77. The number of amides is 1. The van der Waals surface area contributed by atoms with Gasteiger partial charge in [-0.2, -0.15) is 5.10 Å². The number of thioether (sulfide) groups is 1. The van der Waals surface area contributed by atoms with Crippen LogP contribution in [0.2, 0.25) is 5.02 Å². The van der Waals surface area contributed by atoms with Crippen molar-refractivity contribution in [3.8, 4) is 22.9 Å². The molecule has 1 amide bonds. The standard InChI is InChI=1S/C21H21ClFN5O3S/c1-4-28-20(13-8-9-17(30-2)18(10-13)31-3)26-27-21(28)32-12-19(29)25-24-11-14-15(22)6-5-7-16(14)23/h5-11H,4,12H2,1-3H3,(H,25,29)/b24-11+. The van der Waals surface area contributed by atoms with Crippen molar-refractivity contribution in [1.29, 1.82) is 0 Å². The van der Waals surface area contributed by atoms with Gasteiger partial charge in [-0.25, -0.2) is 9.82 Å². The summed E-state index contributed by atoms with van der Waals surface area (Å²) in [5, 5.41) is 13.0. The van der Waals surface area contributed by atoms with Gasteiger partial charge < -0.3 is 14.0 Å². The van der Waals surface area contributed by atoms with Crippen molar-refractivity contribution in [3.63, 3.8) is 0 Å². The second-order valence-electron chi connectivity index (χ2n) is 6.34. The van der Waals surface area contributed by atoms with Gasteiger partial charge in [-0.05, 0) is 37.3 Å². The topological polar surface area (TPSA) is 90.6 Å². The van der Waals surface area contributed by atoms with Crippen molar-refractivity contribution in [2.45, 2.75) is 18.6 Å². The number of methoxy groups -OCH3 is 2. The van der Waals surface area contributed by atoms with Gasteiger partial charge in [0, 0.05) is 17.7 Å². The number of nitrogens with one attached hydrogen (secondary N) is 1. The number of nitrogens with zero attached hydrogens (tertiary/aromatic N) is 4. The van der Waals surface area contributed by atoms with Crippen molar-refractivity contribution in [2.24, 2.45) is 5.10 Å². The summed E-state index contributed by atoms with van der Waals surface area (Å²) < 4.78 is 26.3. The second kappa shape index (κ2) is 11.0. The van der Waals surface area contributed by atoms with Crippen LogP contribution in [0.4, 0.5) is 4.39 Å². The molecule has 0 unspecified atom stereocenters. The van der Waals surface area contributed by atoms with Gasteiger partial charge >= 0.3 is 0 Å². The Balaban J connectivity index is 1.67. The van der Waals surface area contributed by atoms with Crippen molar-refractivity contribution in [3.05, 3.63) is 52.8 Å². The molecule has 0 atom stereocenters. The minimum absolute atomic E-state index is 0.0480. The first-order chi connectivity index (χ1) is 15.5. The third-order valence-corrected chi connectivity index (χ3v) is 5.69. The predicted molar refractivity (Wildman–Crippen MR) is 122 cm³/mol. The molecular weight excluding hydrogens is 457 g/mol. The van der Waals surface area contributed by atoms with Crippen LogP contribution in [0.5, 0.6) is 11.5 Å². The molecule has 11 heteroatoms. The number of aromatic nitrogens is 3. The first kappa shape index (κ1) is 23.6. The molecule has 0 fully saturated rings. The molecule has 8 nitrogen and oxygen atoms in total. The lowest BCUT2D eigenvalue weighted by molar-refractivity contribution is -0.118. The van der Waals surface area contributed by atoms with Gasteiger partial charge in [-0.15, -0.1) is 10.2 Å². The summed E-state index contributed by atoms with van der Waals surface area (Å²) in [4.78, 5) is 12.1. The second-order valence-corrected chi connectivity index (χ2v) is 7.69. The zero-order valence-corrected chi connectivity index (χ0v) is 19.2. The highest BCUT2D eigenvalue weighted by atomic mass is 35.5. The highest BCUT2D eigenvalue weighted by molar-refractivity contribution is 7.99. The molecule has 0 aliphatic heterocycles. The minimum Gasteiger partial charge on any atom is -0.493 e. The number of benzene rings is 2. The number of carbonyl (C=O) groups excluding carboxylic acids is 1. The van der Waals surface area contributed by atoms with E-state index in [-0.39, 0.29) is 22.2 Å². The van der Waals surface area contributed by atoms with E-state index in [0.29, 0.717) is 29.0 Å². The molecule has 168 valence electrons. The van der Waals surface area contributed by atoms with Crippen LogP contribution in [-0.4, -0.2) is 46.9 Å². The summed E-state index contributed by atoms with van der Waals surface area (Å²) in [6.45, 7) is 2.56. The maximum atomic E-state index is 13.7. The van der Waals surface area contributed by atoms with E-state index in [1.165, 1.54) is 36.2 Å². The zero-order chi connectivity index (χ0) is 23.1. The van der Waals surface area contributed by atoms with Gasteiger partial charge in [0.1, 0.15) is 5.82 Å². The fraction of sp³-hybridized carbons (Fsp3) is 0.238. The van der Waals surface area contributed by atoms with E-state index in [4.69, 9.17) is 21.1 Å². The molecule has 0 saturated carbocycles. The molecule has 3 rings (SSSR count). The Morgan fingerprint density at radius 1 is 1.25 bits per heavy atom. The largest absolute Gasteiger partial charge is 0.493 e. The quantitative estimate of drug-likeness (QED) is 0.284. The van der Waals surface area contributed by atoms with E-state index >= 15 is 0 Å². The summed E-state index contributed by atoms with van der Waals surface area (Å²) in [7, 11) is 3.13. The number of ether oxygens (including phenoxy) is 2. The monoisotopic (exact) mass is 477 g/mol. The molecule has 0 radical (unpaired) electrons. The zero-order valence-electron chi connectivity index (χ0n) is 17.6. The van der Waals surface area contributed by atoms with Gasteiger partial charge in [-0.3, -0.25) is 4.79 Å². The molecule has 1 aromatic heterocycles. The number of hydrazone groups is 1. The Hall–Kier alpha value is -3.11. The summed E-state index contributed by atoms with van der Waals surface area (Å²) in [5.74, 6) is 0.982. The molecule has 0 aliphatic rings. The highest BCUT2D eigenvalue weighted by Crippen LogP contribution is 2.32. The Bertz CT molecular complexity index is 1120. The van der Waals surface area contributed by atoms with Crippen molar-refractivity contribution in [1.82, 2.24) is 20.2 Å². The molecule has 0 saturated heterocycles. The lowest BCUT2D eigenvalue weighted by atomic mass is 10.2. The molecule has 1 heterocycles. The lowest BCUT2D eigenvalue weighted by Crippen LogP contribution is -2.20. The average molecular weight is 478 g/mol. The van der Waals surface area contributed by atoms with Crippen LogP contribution in [-0.2, 0) is 11.3 Å². The van der Waals surface area contributed by atoms with Crippen LogP contribution in [0.1, 0.15) is 12.5 Å². The molecule has 1 N–H and O–H groups in total. The maximum Gasteiger partial charge on any atom is 0.250 e. The van der Waals surface area contributed by atoms with Crippen LogP contribution in [0.25, 0.3) is 11.4 Å². The number of hydrogen-bond donors (Lipinski definition) is 1. The Morgan fingerprint density at radius 2 is 2.03 bits per heavy atom. The number of rotatable bonds is 9. The van der Waals surface area contributed by atoms with Crippen molar-refractivity contribution in [2.75, 3.05) is 20.0 Å². The SMILES string of the molecule is CCn1c(SCC(=O)N/N=C/c2c(F)cccc2Cl)nnc1-c1ccc(OC)c(OC)c1. The van der Waals surface area contributed by atoms with Gasteiger partial charge in [0.2, 0.25) is 0 Å². The Kier molecular flexibility index (Phi) is 8.07. The molecule has 32 heavy (non-hydrogen) atoms. The molecule has 2 aromatic carbocycles. The van der Waals surface area contributed by atoms with Crippen LogP contribution in [0.15, 0.2) is 46.7 Å². The van der Waals surface area contributed by atoms with Crippen molar-refractivity contribution >= 4 is 35.5 Å². The van der Waals surface area contributed by atoms with Crippen molar-refractivity contribution < 1.29 is 18.7 Å². The van der Waals surface area contributed by atoms with Crippen LogP contribution >= 0.6 is 23.4 Å². The molecule has 0 aliphatic carbocycles. The van der Waals surface area contributed by atoms with E-state index in [9.17, 15) is 9.18 Å². The highest BCUT2D eigenvalue weighted by Gasteiger charge is 2.16. The Labute approximate surface area is 193 Å². The third-order valence-electron chi connectivity index (χ3n) is 4.39. The molecule has 0 spiro atoms. The van der Waals surface area contributed by atoms with E-state index in [1.807, 2.05) is 23.6 Å². The summed E-state index contributed by atoms with van der Waals surface area (Å²) in [6.07, 6.45) is 1.17. The summed E-state index contributed by atoms with van der Waals surface area (Å²) >= 11 is 7.14. The number of carbonyl (C=O) groups is 1. The fourth-order valence-corrected chi connectivity index (χ4v) is 3.84. The smallest absolute Gasteiger partial charge is 0.250 e. The molecular formula is C21H21ClFN5O3S. The van der Waals surface area contributed by atoms with Crippen LogP contribution in [0.3, 0.4) is 0 Å². The van der Waals surface area contributed by atoms with E-state index in [1.54, 1.807) is 20.3 Å². The normalized spacial score (nSPS) is 11.0. The predicted octanol–water partition coefficient (Wildman–Crippen LogP) is 4.02. The first-order valence-corrected chi connectivity index (χ1v) is 10.9. The maximum absolute atomic E-state index is 13.7. The lowest BCUT2D eigenvalue weighted by Gasteiger charge is -2.10. The minimum atomic E-state index is -0.524. The van der Waals surface area contributed by atoms with E-state index < -0.39 is 5.82 Å². The van der Waals surface area contributed by atoms with Gasteiger partial charge in [0.15, 0.2) is 22.5 Å². The van der Waals surface area contributed by atoms with E-state index in [0.717, 1.165) is 5.56 Å². The van der Waals surface area contributed by atoms with E-state index in [2.05, 4.69) is 20.7 Å². The third kappa shape index (κ3) is 5.38. The van der Waals surface area contributed by atoms with Gasteiger partial charge in [0.25, 0.3) is 5.91 Å². The van der Waals surface area contributed by atoms with Gasteiger partial charge in [-0.1, -0.05) is 29.4 Å². The number of hydrogen-bond acceptors (Lipinski definition) is 7. The first-order valence-electron chi connectivity index (χ1n) is 9.52. The molecule has 3 aromatic rings. The fourth-order valence-electron chi connectivity index (χ4n) is 2.83. The summed E-state index contributed by atoms with van der Waals surface area (Å²) in [5.41, 5.74) is 3.27. The van der Waals surface area contributed by atoms with Crippen LogP contribution < -0.4 is 14.9 Å². The average Bonchev–Trinajstić information content (AvgIpc) is 3.22. The van der Waals surface area contributed by atoms with Crippen LogP contribution in [0, 0.1) is 5.82 Å². The van der Waals surface area contributed by atoms with Gasteiger partial charge in [0.05, 0.1) is 31.2 Å².